The molecule has 0 aliphatic heterocycles. The molecule has 0 radical (unpaired) electrons. The molecule has 21 heavy (non-hydrogen) atoms. The van der Waals surface area contributed by atoms with E-state index < -0.39 is 0 Å². The summed E-state index contributed by atoms with van der Waals surface area (Å²) in [6.45, 7) is 2.09. The number of hydrogen-bond donors (Lipinski definition) is 1. The van der Waals surface area contributed by atoms with E-state index in [0.29, 0.717) is 0 Å². The van der Waals surface area contributed by atoms with Crippen LogP contribution in [0, 0.1) is 0 Å². The van der Waals surface area contributed by atoms with E-state index in [1.165, 1.54) is 4.88 Å². The van der Waals surface area contributed by atoms with E-state index in [1.807, 2.05) is 42.3 Å². The Kier molecular flexibility index (Phi) is 3.49. The van der Waals surface area contributed by atoms with Gasteiger partial charge >= 0.3 is 0 Å². The molecule has 2 aromatic rings. The van der Waals surface area contributed by atoms with Gasteiger partial charge < -0.3 is 10.6 Å². The first-order valence-corrected chi connectivity index (χ1v) is 8.09. The molecule has 0 spiro atoms. The Morgan fingerprint density at radius 1 is 1.29 bits per heavy atom. The van der Waals surface area contributed by atoms with Crippen LogP contribution >= 0.6 is 11.3 Å². The van der Waals surface area contributed by atoms with Gasteiger partial charge in [0.2, 0.25) is 5.91 Å². The molecule has 1 unspecified atom stereocenters. The Bertz CT molecular complexity index is 629. The van der Waals surface area contributed by atoms with Gasteiger partial charge in [-0.05, 0) is 48.9 Å². The molecular weight excluding hydrogens is 280 g/mol. The van der Waals surface area contributed by atoms with Gasteiger partial charge in [-0.3, -0.25) is 4.79 Å². The normalized spacial score (nSPS) is 17.2. The van der Waals surface area contributed by atoms with Crippen molar-refractivity contribution >= 4 is 22.9 Å². The summed E-state index contributed by atoms with van der Waals surface area (Å²) in [5, 5.41) is 2.05. The van der Waals surface area contributed by atoms with Crippen LogP contribution in [0.2, 0.25) is 0 Å². The average Bonchev–Trinajstić information content (AvgIpc) is 3.12. The number of rotatable bonds is 4. The average molecular weight is 300 g/mol. The number of amides is 1. The number of carbonyl (C=O) groups excluding carboxylic acids is 1. The molecule has 2 N–H and O–H groups in total. The molecule has 1 saturated carbocycles. The second-order valence-corrected chi connectivity index (χ2v) is 6.79. The molecule has 3 rings (SSSR count). The maximum absolute atomic E-state index is 12.9. The molecule has 0 saturated heterocycles. The van der Waals surface area contributed by atoms with Crippen molar-refractivity contribution in [2.45, 2.75) is 31.2 Å². The van der Waals surface area contributed by atoms with Gasteiger partial charge in [0.15, 0.2) is 0 Å². The summed E-state index contributed by atoms with van der Waals surface area (Å²) in [7, 11) is 1.91. The fourth-order valence-corrected chi connectivity index (χ4v) is 3.61. The monoisotopic (exact) mass is 300 g/mol. The van der Waals surface area contributed by atoms with Crippen LogP contribution in [-0.4, -0.2) is 17.9 Å². The van der Waals surface area contributed by atoms with Crippen molar-refractivity contribution in [3.05, 3.63) is 52.2 Å². The molecule has 3 nitrogen and oxygen atoms in total. The van der Waals surface area contributed by atoms with Crippen molar-refractivity contribution in [1.29, 1.82) is 0 Å². The fraction of sp³-hybridized carbons (Fsp3) is 0.353. The molecule has 1 aliphatic carbocycles. The molecule has 0 bridgehead atoms. The van der Waals surface area contributed by atoms with Gasteiger partial charge in [-0.15, -0.1) is 11.3 Å². The molecule has 1 fully saturated rings. The van der Waals surface area contributed by atoms with E-state index in [-0.39, 0.29) is 17.4 Å². The van der Waals surface area contributed by atoms with Crippen molar-refractivity contribution in [1.82, 2.24) is 4.90 Å². The summed E-state index contributed by atoms with van der Waals surface area (Å²) in [4.78, 5) is 16.1. The van der Waals surface area contributed by atoms with Gasteiger partial charge in [0.25, 0.3) is 0 Å². The first kappa shape index (κ1) is 14.1. The smallest absolute Gasteiger partial charge is 0.233 e. The second-order valence-electron chi connectivity index (χ2n) is 5.81. The molecule has 1 aromatic carbocycles. The first-order valence-electron chi connectivity index (χ1n) is 7.21. The lowest BCUT2D eigenvalue weighted by Crippen LogP contribution is -2.38. The number of hydrogen-bond acceptors (Lipinski definition) is 3. The molecule has 1 aromatic heterocycles. The zero-order valence-electron chi connectivity index (χ0n) is 12.4. The maximum atomic E-state index is 12.9. The lowest BCUT2D eigenvalue weighted by atomic mass is 9.93. The van der Waals surface area contributed by atoms with E-state index in [0.717, 1.165) is 24.1 Å². The number of benzene rings is 1. The van der Waals surface area contributed by atoms with Gasteiger partial charge in [0.05, 0.1) is 11.5 Å². The number of nitrogens with two attached hydrogens (primary N) is 1. The highest BCUT2D eigenvalue weighted by molar-refractivity contribution is 7.10. The predicted octanol–water partition coefficient (Wildman–Crippen LogP) is 3.58. The number of likely N-dealkylation sites (N-methyl/N-ethyl adjacent to an activating group) is 1. The molecule has 1 heterocycles. The Morgan fingerprint density at radius 3 is 2.48 bits per heavy atom. The summed E-state index contributed by atoms with van der Waals surface area (Å²) in [6, 6.07) is 12.0. The number of thiophene rings is 1. The minimum atomic E-state index is -0.325. The largest absolute Gasteiger partial charge is 0.399 e. The van der Waals surface area contributed by atoms with Gasteiger partial charge in [-0.2, -0.15) is 0 Å². The minimum Gasteiger partial charge on any atom is -0.399 e. The van der Waals surface area contributed by atoms with Gasteiger partial charge in [-0.25, -0.2) is 0 Å². The van der Waals surface area contributed by atoms with Crippen molar-refractivity contribution in [2.24, 2.45) is 0 Å². The van der Waals surface area contributed by atoms with Crippen LogP contribution in [0.15, 0.2) is 41.8 Å². The van der Waals surface area contributed by atoms with Crippen molar-refractivity contribution in [3.8, 4) is 0 Å². The van der Waals surface area contributed by atoms with Crippen LogP contribution in [0.1, 0.15) is 36.2 Å². The SMILES string of the molecule is CC(c1cccs1)N(C)C(=O)C1(c2ccc(N)cc2)CC1. The zero-order valence-corrected chi connectivity index (χ0v) is 13.2. The Balaban J connectivity index is 1.82. The molecular formula is C17H20N2OS. The van der Waals surface area contributed by atoms with E-state index in [2.05, 4.69) is 18.4 Å². The third kappa shape index (κ3) is 2.44. The zero-order chi connectivity index (χ0) is 15.0. The topological polar surface area (TPSA) is 46.3 Å². The Labute approximate surface area is 129 Å². The van der Waals surface area contributed by atoms with E-state index in [4.69, 9.17) is 5.73 Å². The van der Waals surface area contributed by atoms with Crippen LogP contribution in [-0.2, 0) is 10.2 Å². The van der Waals surface area contributed by atoms with E-state index >= 15 is 0 Å². The summed E-state index contributed by atoms with van der Waals surface area (Å²) in [5.41, 5.74) is 7.25. The van der Waals surface area contributed by atoms with Crippen LogP contribution in [0.25, 0.3) is 0 Å². The summed E-state index contributed by atoms with van der Waals surface area (Å²) >= 11 is 1.70. The number of carbonyl (C=O) groups is 1. The summed E-state index contributed by atoms with van der Waals surface area (Å²) in [5.74, 6) is 0.216. The number of nitrogens with zero attached hydrogens (tertiary/aromatic N) is 1. The summed E-state index contributed by atoms with van der Waals surface area (Å²) < 4.78 is 0. The standard InChI is InChI=1S/C17H20N2OS/c1-12(15-4-3-11-21-15)19(2)16(20)17(9-10-17)13-5-7-14(18)8-6-13/h3-8,11-12H,9-10,18H2,1-2H3. The number of nitrogen functional groups attached to an aromatic ring is 1. The van der Waals surface area contributed by atoms with Crippen molar-refractivity contribution in [3.63, 3.8) is 0 Å². The van der Waals surface area contributed by atoms with Crippen LogP contribution in [0.4, 0.5) is 5.69 Å². The number of anilines is 1. The van der Waals surface area contributed by atoms with Gasteiger partial charge in [-0.1, -0.05) is 18.2 Å². The van der Waals surface area contributed by atoms with Crippen LogP contribution < -0.4 is 5.73 Å². The van der Waals surface area contributed by atoms with Gasteiger partial charge in [0.1, 0.15) is 0 Å². The quantitative estimate of drug-likeness (QED) is 0.877. The van der Waals surface area contributed by atoms with E-state index in [9.17, 15) is 4.79 Å². The lowest BCUT2D eigenvalue weighted by molar-refractivity contribution is -0.134. The van der Waals surface area contributed by atoms with Crippen LogP contribution in [0.5, 0.6) is 0 Å². The minimum absolute atomic E-state index is 0.115. The molecule has 1 amide bonds. The maximum Gasteiger partial charge on any atom is 0.233 e. The fourth-order valence-electron chi connectivity index (χ4n) is 2.79. The van der Waals surface area contributed by atoms with Crippen molar-refractivity contribution in [2.75, 3.05) is 12.8 Å². The Hall–Kier alpha value is -1.81. The molecule has 1 atom stereocenters. The molecule has 1 aliphatic rings. The molecule has 4 heteroatoms. The predicted molar refractivity (Wildman–Crippen MR) is 87.3 cm³/mol. The highest BCUT2D eigenvalue weighted by Crippen LogP contribution is 2.50. The molecule has 110 valence electrons. The Morgan fingerprint density at radius 2 is 1.95 bits per heavy atom. The highest BCUT2D eigenvalue weighted by atomic mass is 32.1. The van der Waals surface area contributed by atoms with Gasteiger partial charge in [0, 0.05) is 17.6 Å². The third-order valence-electron chi connectivity index (χ3n) is 4.48. The lowest BCUT2D eigenvalue weighted by Gasteiger charge is -2.29. The van der Waals surface area contributed by atoms with Crippen molar-refractivity contribution < 1.29 is 4.79 Å². The highest BCUT2D eigenvalue weighted by Gasteiger charge is 2.53. The van der Waals surface area contributed by atoms with E-state index in [1.54, 1.807) is 11.3 Å². The first-order chi connectivity index (χ1) is 10.0. The second kappa shape index (κ2) is 5.19. The van der Waals surface area contributed by atoms with Crippen LogP contribution in [0.3, 0.4) is 0 Å². The third-order valence-corrected chi connectivity index (χ3v) is 5.52. The summed E-state index contributed by atoms with van der Waals surface area (Å²) in [6.07, 6.45) is 1.86.